The Kier molecular flexibility index (Phi) is 6.80. The Balaban J connectivity index is 1.70. The van der Waals surface area contributed by atoms with E-state index in [0.717, 1.165) is 22.4 Å². The van der Waals surface area contributed by atoms with Gasteiger partial charge >= 0.3 is 0 Å². The van der Waals surface area contributed by atoms with Crippen molar-refractivity contribution in [2.24, 2.45) is 0 Å². The molecule has 2 aromatic carbocycles. The summed E-state index contributed by atoms with van der Waals surface area (Å²) >= 11 is 12.0. The van der Waals surface area contributed by atoms with Gasteiger partial charge in [0, 0.05) is 0 Å². The van der Waals surface area contributed by atoms with E-state index in [2.05, 4.69) is 22.2 Å². The van der Waals surface area contributed by atoms with Crippen molar-refractivity contribution in [1.82, 2.24) is 15.0 Å². The van der Waals surface area contributed by atoms with Gasteiger partial charge in [-0.3, -0.25) is 4.79 Å². The van der Waals surface area contributed by atoms with Crippen molar-refractivity contribution in [3.05, 3.63) is 75.5 Å². The Hall–Kier alpha value is -2.83. The van der Waals surface area contributed by atoms with Crippen molar-refractivity contribution in [2.45, 2.75) is 26.8 Å². The van der Waals surface area contributed by atoms with Crippen LogP contribution in [-0.4, -0.2) is 28.0 Å². The molecule has 6 nitrogen and oxygen atoms in total. The van der Waals surface area contributed by atoms with E-state index in [9.17, 15) is 4.79 Å². The van der Waals surface area contributed by atoms with Gasteiger partial charge in [-0.2, -0.15) is 0 Å². The lowest BCUT2D eigenvalue weighted by atomic mass is 10.1. The lowest BCUT2D eigenvalue weighted by Gasteiger charge is -2.12. The van der Waals surface area contributed by atoms with Crippen LogP contribution in [0.25, 0.3) is 5.57 Å². The summed E-state index contributed by atoms with van der Waals surface area (Å²) in [4.78, 5) is 12.6. The summed E-state index contributed by atoms with van der Waals surface area (Å²) in [6.07, 6.45) is 0.0958. The predicted molar refractivity (Wildman–Crippen MR) is 120 cm³/mol. The van der Waals surface area contributed by atoms with Crippen molar-refractivity contribution >= 4 is 40.4 Å². The highest BCUT2D eigenvalue weighted by Gasteiger charge is 2.15. The van der Waals surface area contributed by atoms with Crippen molar-refractivity contribution < 1.29 is 9.53 Å². The van der Waals surface area contributed by atoms with Crippen molar-refractivity contribution in [3.63, 3.8) is 0 Å². The zero-order valence-corrected chi connectivity index (χ0v) is 18.5. The summed E-state index contributed by atoms with van der Waals surface area (Å²) in [5, 5.41) is 12.2. The predicted octanol–water partition coefficient (Wildman–Crippen LogP) is 5.16. The second-order valence-corrected chi connectivity index (χ2v) is 7.76. The van der Waals surface area contributed by atoms with Gasteiger partial charge in [-0.05, 0) is 49.2 Å². The smallest absolute Gasteiger partial charge is 0.230 e. The minimum absolute atomic E-state index is 0.0958. The van der Waals surface area contributed by atoms with Crippen molar-refractivity contribution in [1.29, 1.82) is 0 Å². The normalized spacial score (nSPS) is 10.7. The fourth-order valence-electron chi connectivity index (χ4n) is 2.93. The standard InChI is InChI=1S/C22H22Cl2N4O2/c1-13(2)16-6-8-19(21(10-16)30-4)25-22(29)11-20-14(3)28(27-26-20)12-15-5-7-17(23)18(24)9-15/h5-10H,1,11-12H2,2-4H3,(H,25,29). The molecule has 8 heteroatoms. The number of amides is 1. The van der Waals surface area contributed by atoms with Crippen molar-refractivity contribution in [2.75, 3.05) is 12.4 Å². The van der Waals surface area contributed by atoms with E-state index in [1.165, 1.54) is 0 Å². The summed E-state index contributed by atoms with van der Waals surface area (Å²) < 4.78 is 7.12. The van der Waals surface area contributed by atoms with Crippen LogP contribution in [0.4, 0.5) is 5.69 Å². The fraction of sp³-hybridized carbons (Fsp3) is 0.227. The van der Waals surface area contributed by atoms with Crippen LogP contribution in [-0.2, 0) is 17.8 Å². The molecule has 0 saturated carbocycles. The highest BCUT2D eigenvalue weighted by molar-refractivity contribution is 6.42. The van der Waals surface area contributed by atoms with E-state index >= 15 is 0 Å². The Bertz CT molecular complexity index is 1110. The number of halogens is 2. The first-order valence-corrected chi connectivity index (χ1v) is 10.0. The zero-order chi connectivity index (χ0) is 21.8. The van der Waals surface area contributed by atoms with Crippen LogP contribution < -0.4 is 10.1 Å². The Labute approximate surface area is 185 Å². The second-order valence-electron chi connectivity index (χ2n) is 6.95. The molecule has 1 amide bonds. The number of ether oxygens (including phenoxy) is 1. The zero-order valence-electron chi connectivity index (χ0n) is 17.0. The summed E-state index contributed by atoms with van der Waals surface area (Å²) in [5.74, 6) is 0.366. The fourth-order valence-corrected chi connectivity index (χ4v) is 3.25. The maximum absolute atomic E-state index is 12.6. The molecular formula is C22H22Cl2N4O2. The van der Waals surface area contributed by atoms with E-state index < -0.39 is 0 Å². The number of aromatic nitrogens is 3. The molecule has 3 rings (SSSR count). The second kappa shape index (κ2) is 9.32. The molecule has 0 unspecified atom stereocenters. The highest BCUT2D eigenvalue weighted by atomic mass is 35.5. The first-order chi connectivity index (χ1) is 14.3. The molecular weight excluding hydrogens is 423 g/mol. The molecule has 0 aliphatic heterocycles. The molecule has 0 fully saturated rings. The molecule has 1 heterocycles. The monoisotopic (exact) mass is 444 g/mol. The van der Waals surface area contributed by atoms with Gasteiger partial charge in [0.1, 0.15) is 5.75 Å². The minimum Gasteiger partial charge on any atom is -0.495 e. The van der Waals surface area contributed by atoms with E-state index in [4.69, 9.17) is 27.9 Å². The third-order valence-electron chi connectivity index (χ3n) is 4.69. The number of carbonyl (C=O) groups is 1. The lowest BCUT2D eigenvalue weighted by Crippen LogP contribution is -2.16. The molecule has 0 atom stereocenters. The SMILES string of the molecule is C=C(C)c1ccc(NC(=O)Cc2nnn(Cc3ccc(Cl)c(Cl)c3)c2C)c(OC)c1. The summed E-state index contributed by atoms with van der Waals surface area (Å²) in [5.41, 5.74) is 4.81. The average Bonchev–Trinajstić information content (AvgIpc) is 3.04. The van der Waals surface area contributed by atoms with E-state index in [1.54, 1.807) is 30.0 Å². The number of carbonyl (C=O) groups excluding carboxylic acids is 1. The largest absolute Gasteiger partial charge is 0.495 e. The van der Waals surface area contributed by atoms with Crippen LogP contribution in [0.2, 0.25) is 10.0 Å². The number of benzene rings is 2. The van der Waals surface area contributed by atoms with Gasteiger partial charge in [-0.1, -0.05) is 52.7 Å². The topological polar surface area (TPSA) is 69.0 Å². The maximum atomic E-state index is 12.6. The highest BCUT2D eigenvalue weighted by Crippen LogP contribution is 2.28. The van der Waals surface area contributed by atoms with Crippen LogP contribution in [0.1, 0.15) is 29.4 Å². The Morgan fingerprint density at radius 2 is 1.97 bits per heavy atom. The average molecular weight is 445 g/mol. The molecule has 0 bridgehead atoms. The number of allylic oxidation sites excluding steroid dienone is 1. The first-order valence-electron chi connectivity index (χ1n) is 9.25. The molecule has 156 valence electrons. The number of hydrogen-bond acceptors (Lipinski definition) is 4. The third kappa shape index (κ3) is 5.01. The maximum Gasteiger partial charge on any atom is 0.230 e. The number of methoxy groups -OCH3 is 1. The summed E-state index contributed by atoms with van der Waals surface area (Å²) in [6, 6.07) is 10.9. The molecule has 0 aliphatic rings. The molecule has 3 aromatic rings. The number of rotatable bonds is 7. The molecule has 1 N–H and O–H groups in total. The van der Waals surface area contributed by atoms with Gasteiger partial charge in [-0.15, -0.1) is 5.10 Å². The van der Waals surface area contributed by atoms with Crippen LogP contribution in [0, 0.1) is 6.92 Å². The van der Waals surface area contributed by atoms with Gasteiger partial charge in [0.05, 0.1) is 47.2 Å². The van der Waals surface area contributed by atoms with Crippen molar-refractivity contribution in [3.8, 4) is 5.75 Å². The van der Waals surface area contributed by atoms with Crippen LogP contribution in [0.3, 0.4) is 0 Å². The first kappa shape index (κ1) is 21.9. The number of nitrogens with zero attached hydrogens (tertiary/aromatic N) is 3. The van der Waals surface area contributed by atoms with Crippen LogP contribution in [0.5, 0.6) is 5.75 Å². The van der Waals surface area contributed by atoms with E-state index in [-0.39, 0.29) is 12.3 Å². The van der Waals surface area contributed by atoms with E-state index in [0.29, 0.717) is 33.7 Å². The number of hydrogen-bond donors (Lipinski definition) is 1. The molecule has 1 aromatic heterocycles. The van der Waals surface area contributed by atoms with Gasteiger partial charge < -0.3 is 10.1 Å². The third-order valence-corrected chi connectivity index (χ3v) is 5.43. The summed E-state index contributed by atoms with van der Waals surface area (Å²) in [6.45, 7) is 8.19. The Morgan fingerprint density at radius 1 is 1.20 bits per heavy atom. The van der Waals surface area contributed by atoms with Gasteiger partial charge in [0.25, 0.3) is 0 Å². The van der Waals surface area contributed by atoms with Crippen LogP contribution >= 0.6 is 23.2 Å². The lowest BCUT2D eigenvalue weighted by molar-refractivity contribution is -0.115. The minimum atomic E-state index is -0.207. The van der Waals surface area contributed by atoms with E-state index in [1.807, 2.05) is 32.0 Å². The van der Waals surface area contributed by atoms with Gasteiger partial charge in [0.2, 0.25) is 5.91 Å². The number of anilines is 1. The molecule has 0 saturated heterocycles. The molecule has 0 spiro atoms. The van der Waals surface area contributed by atoms with Gasteiger partial charge in [0.15, 0.2) is 0 Å². The van der Waals surface area contributed by atoms with Crippen LogP contribution in [0.15, 0.2) is 43.0 Å². The quantitative estimate of drug-likeness (QED) is 0.545. The van der Waals surface area contributed by atoms with Gasteiger partial charge in [-0.25, -0.2) is 4.68 Å². The molecule has 30 heavy (non-hydrogen) atoms. The molecule has 0 radical (unpaired) electrons. The Morgan fingerprint density at radius 3 is 2.63 bits per heavy atom. The summed E-state index contributed by atoms with van der Waals surface area (Å²) in [7, 11) is 1.56. The number of nitrogens with one attached hydrogen (secondary N) is 1. The molecule has 0 aliphatic carbocycles.